The van der Waals surface area contributed by atoms with Gasteiger partial charge in [-0.05, 0) is 25.3 Å². The minimum absolute atomic E-state index is 0.131. The molecule has 2 aliphatic rings. The number of phenolic OH excluding ortho intramolecular Hbond substituents is 2. The number of hydrogen-bond donors (Lipinski definition) is 3. The number of aromatic hydroxyl groups is 2. The van der Waals surface area contributed by atoms with Crippen LogP contribution in [0.3, 0.4) is 0 Å². The molecule has 0 saturated heterocycles. The Morgan fingerprint density at radius 1 is 0.920 bits per heavy atom. The Balaban J connectivity index is 1.99. The van der Waals surface area contributed by atoms with Gasteiger partial charge in [0.2, 0.25) is 0 Å². The van der Waals surface area contributed by atoms with E-state index in [1.807, 2.05) is 0 Å². The molecule has 0 heterocycles. The number of aliphatic hydroxyl groups is 1. The van der Waals surface area contributed by atoms with Crippen LogP contribution in [0.5, 0.6) is 11.5 Å². The summed E-state index contributed by atoms with van der Waals surface area (Å²) in [7, 11) is 0. The molecule has 0 fully saturated rings. The molecule has 0 bridgehead atoms. The number of carbonyl (C=O) groups is 2. The second-order valence-corrected chi connectivity index (χ2v) is 6.44. The van der Waals surface area contributed by atoms with Gasteiger partial charge >= 0.3 is 0 Å². The molecule has 0 spiro atoms. The lowest BCUT2D eigenvalue weighted by Crippen LogP contribution is -2.23. The highest BCUT2D eigenvalue weighted by atomic mass is 16.3. The van der Waals surface area contributed by atoms with Crippen LogP contribution < -0.4 is 0 Å². The molecule has 0 saturated carbocycles. The van der Waals surface area contributed by atoms with E-state index in [0.29, 0.717) is 16.7 Å². The van der Waals surface area contributed by atoms with Gasteiger partial charge in [-0.2, -0.15) is 0 Å². The molecule has 5 nitrogen and oxygen atoms in total. The quantitative estimate of drug-likeness (QED) is 0.468. The first-order chi connectivity index (χ1) is 11.9. The van der Waals surface area contributed by atoms with Crippen molar-refractivity contribution in [3.05, 3.63) is 69.3 Å². The van der Waals surface area contributed by atoms with Gasteiger partial charge in [0, 0.05) is 22.3 Å². The van der Waals surface area contributed by atoms with E-state index in [1.165, 1.54) is 6.07 Å². The highest BCUT2D eigenvalue weighted by Gasteiger charge is 2.38. The minimum atomic E-state index is -0.691. The lowest BCUT2D eigenvalue weighted by Gasteiger charge is -2.26. The first-order valence-electron chi connectivity index (χ1n) is 8.06. The number of allylic oxidation sites excluding steroid dienone is 1. The number of carbonyl (C=O) groups excluding carboxylic acids is 2. The number of hydrogen-bond acceptors (Lipinski definition) is 5. The van der Waals surface area contributed by atoms with Crippen LogP contribution >= 0.6 is 0 Å². The highest BCUT2D eigenvalue weighted by Crippen LogP contribution is 2.45. The topological polar surface area (TPSA) is 94.8 Å². The smallest absolute Gasteiger partial charge is 0.198 e. The van der Waals surface area contributed by atoms with E-state index in [-0.39, 0.29) is 46.6 Å². The first kappa shape index (κ1) is 15.6. The van der Waals surface area contributed by atoms with Gasteiger partial charge in [0.25, 0.3) is 0 Å². The van der Waals surface area contributed by atoms with Gasteiger partial charge in [0.15, 0.2) is 11.6 Å². The number of benzene rings is 2. The predicted octanol–water partition coefficient (Wildman–Crippen LogP) is 2.28. The summed E-state index contributed by atoms with van der Waals surface area (Å²) in [5.41, 5.74) is 1.71. The van der Waals surface area contributed by atoms with Crippen molar-refractivity contribution in [2.45, 2.75) is 25.9 Å². The molecule has 0 aromatic heterocycles. The van der Waals surface area contributed by atoms with Gasteiger partial charge in [-0.1, -0.05) is 30.3 Å². The van der Waals surface area contributed by atoms with Crippen molar-refractivity contribution in [1.82, 2.24) is 0 Å². The third-order valence-corrected chi connectivity index (χ3v) is 5.02. The van der Waals surface area contributed by atoms with Crippen molar-refractivity contribution in [1.29, 1.82) is 0 Å². The van der Waals surface area contributed by atoms with Crippen molar-refractivity contribution in [2.24, 2.45) is 0 Å². The van der Waals surface area contributed by atoms with Crippen LogP contribution in [0.15, 0.2) is 35.9 Å². The maximum atomic E-state index is 12.8. The zero-order valence-corrected chi connectivity index (χ0v) is 13.5. The molecule has 1 unspecified atom stereocenters. The van der Waals surface area contributed by atoms with Crippen LogP contribution in [0.4, 0.5) is 0 Å². The largest absolute Gasteiger partial charge is 0.507 e. The Morgan fingerprint density at radius 2 is 1.44 bits per heavy atom. The fourth-order valence-electron chi connectivity index (χ4n) is 3.65. The molecule has 0 aliphatic heterocycles. The van der Waals surface area contributed by atoms with E-state index in [9.17, 15) is 24.9 Å². The van der Waals surface area contributed by atoms with Gasteiger partial charge < -0.3 is 15.3 Å². The molecule has 25 heavy (non-hydrogen) atoms. The molecular formula is C20H16O5. The SMILES string of the molecule is CC(O)C1=CCc2c(O)c3c(c(O)c2C1)C(=O)c1ccccc1C3=O. The van der Waals surface area contributed by atoms with Crippen molar-refractivity contribution in [2.75, 3.05) is 0 Å². The van der Waals surface area contributed by atoms with Gasteiger partial charge in [0.1, 0.15) is 11.5 Å². The molecule has 4 rings (SSSR count). The van der Waals surface area contributed by atoms with E-state index < -0.39 is 17.7 Å². The Morgan fingerprint density at radius 3 is 1.96 bits per heavy atom. The molecule has 2 aromatic carbocycles. The lowest BCUT2D eigenvalue weighted by atomic mass is 9.77. The normalized spacial score (nSPS) is 16.6. The Bertz CT molecular complexity index is 982. The molecule has 3 N–H and O–H groups in total. The average molecular weight is 336 g/mol. The molecule has 1 atom stereocenters. The zero-order valence-electron chi connectivity index (χ0n) is 13.5. The lowest BCUT2D eigenvalue weighted by molar-refractivity contribution is 0.0973. The zero-order chi connectivity index (χ0) is 17.9. The Kier molecular flexibility index (Phi) is 3.30. The van der Waals surface area contributed by atoms with E-state index in [1.54, 1.807) is 31.2 Å². The summed E-state index contributed by atoms with van der Waals surface area (Å²) in [6.45, 7) is 1.62. The summed E-state index contributed by atoms with van der Waals surface area (Å²) in [6, 6.07) is 6.38. The van der Waals surface area contributed by atoms with Crippen LogP contribution in [0, 0.1) is 0 Å². The van der Waals surface area contributed by atoms with Gasteiger partial charge in [-0.15, -0.1) is 0 Å². The van der Waals surface area contributed by atoms with E-state index in [4.69, 9.17) is 0 Å². The maximum Gasteiger partial charge on any atom is 0.198 e. The molecule has 0 radical (unpaired) electrons. The number of ketones is 2. The highest BCUT2D eigenvalue weighted by molar-refractivity contribution is 6.30. The fraction of sp³-hybridized carbons (Fsp3) is 0.200. The Hall–Kier alpha value is -2.92. The van der Waals surface area contributed by atoms with Gasteiger partial charge in [0.05, 0.1) is 17.2 Å². The van der Waals surface area contributed by atoms with Gasteiger partial charge in [-0.3, -0.25) is 9.59 Å². The van der Waals surface area contributed by atoms with Crippen LogP contribution in [0.2, 0.25) is 0 Å². The van der Waals surface area contributed by atoms with Crippen molar-refractivity contribution in [3.63, 3.8) is 0 Å². The Labute approximate surface area is 143 Å². The number of fused-ring (bicyclic) bond motifs is 3. The molecule has 126 valence electrons. The monoisotopic (exact) mass is 336 g/mol. The van der Waals surface area contributed by atoms with E-state index in [2.05, 4.69) is 0 Å². The number of rotatable bonds is 1. The molecular weight excluding hydrogens is 320 g/mol. The second-order valence-electron chi connectivity index (χ2n) is 6.44. The van der Waals surface area contributed by atoms with Crippen LogP contribution in [-0.2, 0) is 12.8 Å². The number of phenols is 2. The van der Waals surface area contributed by atoms with E-state index >= 15 is 0 Å². The van der Waals surface area contributed by atoms with Crippen molar-refractivity contribution in [3.8, 4) is 11.5 Å². The molecule has 5 heteroatoms. The van der Waals surface area contributed by atoms with Crippen LogP contribution in [0.1, 0.15) is 49.9 Å². The van der Waals surface area contributed by atoms with Gasteiger partial charge in [-0.25, -0.2) is 0 Å². The van der Waals surface area contributed by atoms with Crippen molar-refractivity contribution >= 4 is 11.6 Å². The molecule has 2 aromatic rings. The molecule has 2 aliphatic carbocycles. The summed E-state index contributed by atoms with van der Waals surface area (Å²) in [5.74, 6) is -1.47. The predicted molar refractivity (Wildman–Crippen MR) is 90.3 cm³/mol. The second kappa shape index (κ2) is 5.29. The van der Waals surface area contributed by atoms with Crippen LogP contribution in [0.25, 0.3) is 0 Å². The standard InChI is InChI=1S/C20H16O5/c1-9(21)10-6-7-13-14(8-10)20(25)16-15(19(13)24)17(22)11-4-2-3-5-12(11)18(16)23/h2-6,9,21,24-25H,7-8H2,1H3. The summed E-state index contributed by atoms with van der Waals surface area (Å²) in [5, 5.41) is 31.2. The average Bonchev–Trinajstić information content (AvgIpc) is 2.62. The third-order valence-electron chi connectivity index (χ3n) is 5.02. The fourth-order valence-corrected chi connectivity index (χ4v) is 3.65. The summed E-state index contributed by atoms with van der Waals surface area (Å²) in [6.07, 6.45) is 1.60. The third kappa shape index (κ3) is 2.06. The van der Waals surface area contributed by atoms with Crippen LogP contribution in [-0.4, -0.2) is 33.0 Å². The minimum Gasteiger partial charge on any atom is -0.507 e. The summed E-state index contributed by atoms with van der Waals surface area (Å²) in [4.78, 5) is 25.6. The van der Waals surface area contributed by atoms with E-state index in [0.717, 1.165) is 0 Å². The summed E-state index contributed by atoms with van der Waals surface area (Å²) >= 11 is 0. The molecule has 0 amide bonds. The maximum absolute atomic E-state index is 12.8. The summed E-state index contributed by atoms with van der Waals surface area (Å²) < 4.78 is 0. The van der Waals surface area contributed by atoms with Crippen molar-refractivity contribution < 1.29 is 24.9 Å². The first-order valence-corrected chi connectivity index (χ1v) is 8.06. The number of aliphatic hydroxyl groups excluding tert-OH is 1.